The predicted octanol–water partition coefficient (Wildman–Crippen LogP) is 2.64. The van der Waals surface area contributed by atoms with Crippen molar-refractivity contribution in [3.63, 3.8) is 0 Å². The number of alkyl halides is 1. The van der Waals surface area contributed by atoms with Gasteiger partial charge in [-0.3, -0.25) is 6.08 Å². The SMILES string of the molecule is C=CC(=C)CCC[Si](OCC)(OCC)OCC.C=[C-]C=C.CCO[Si](CCCI)(OCC)OCC.[2H][SiH2][B].[Cl-].[Mg+2]. The van der Waals surface area contributed by atoms with E-state index in [1.807, 2.05) is 41.5 Å². The van der Waals surface area contributed by atoms with Gasteiger partial charge in [0, 0.05) is 59.2 Å². The van der Waals surface area contributed by atoms with Crippen molar-refractivity contribution in [1.82, 2.24) is 0 Å². The molecule has 6 nitrogen and oxygen atoms in total. The van der Waals surface area contributed by atoms with Crippen LogP contribution in [0, 0.1) is 6.08 Å². The first kappa shape index (κ1) is 49.9. The van der Waals surface area contributed by atoms with Gasteiger partial charge in [-0.05, 0) is 76.5 Å². The third kappa shape index (κ3) is 33.6. The summed E-state index contributed by atoms with van der Waals surface area (Å²) in [4.78, 5) is 0. The monoisotopic (exact) mass is 745 g/mol. The van der Waals surface area contributed by atoms with Crippen LogP contribution in [0.15, 0.2) is 44.0 Å². The molecule has 0 saturated carbocycles. The fourth-order valence-electron chi connectivity index (χ4n) is 2.92. The van der Waals surface area contributed by atoms with E-state index in [4.69, 9.17) is 27.8 Å². The van der Waals surface area contributed by atoms with Gasteiger partial charge in [-0.15, -0.1) is 0 Å². The first-order valence-electron chi connectivity index (χ1n) is 13.7. The van der Waals surface area contributed by atoms with Gasteiger partial charge in [0.15, 0.2) is 0 Å². The molecule has 0 aliphatic carbocycles. The van der Waals surface area contributed by atoms with E-state index in [2.05, 4.69) is 62.4 Å². The standard InChI is InChI=1S/C13H26O3Si.C9H21IO3Si.C4H5.BH3Si.ClH.Mg/c1-6-13(5)11-10-12-17(14-7-2,15-8-3)16-9-4;1-4-11-14(12-5-2,13-6-3)9-7-8-10;1-3-4-2;1-2;;/h6H,1,5,7-12H2,2-4H3;4-9H2,1-3H3;3H,1-2H2;2H3;1H;/q;;-1;;;+2/p-1/i;;;2D;;. The average molecular weight is 746 g/mol. The van der Waals surface area contributed by atoms with Gasteiger partial charge in [0.25, 0.3) is 0 Å². The molecular weight excluding hydrogens is 690 g/mol. The molecule has 0 aromatic heterocycles. The second-order valence-electron chi connectivity index (χ2n) is 6.88. The summed E-state index contributed by atoms with van der Waals surface area (Å²) < 4.78 is 41.7. The minimum atomic E-state index is -2.45. The molecule has 0 unspecified atom stereocenters. The van der Waals surface area contributed by atoms with Crippen molar-refractivity contribution in [1.29, 1.82) is 1.23 Å². The molecule has 0 bridgehead atoms. The van der Waals surface area contributed by atoms with Crippen LogP contribution in [-0.4, -0.2) is 103 Å². The molecule has 0 rings (SSSR count). The van der Waals surface area contributed by atoms with Gasteiger partial charge in [-0.25, -0.2) is 12.7 Å². The zero-order valence-corrected chi connectivity index (χ0v) is 33.4. The summed E-state index contributed by atoms with van der Waals surface area (Å²) in [6, 6.07) is 1.78. The van der Waals surface area contributed by atoms with Crippen LogP contribution in [0.2, 0.25) is 12.1 Å². The maximum Gasteiger partial charge on any atom is 2.00 e. The fraction of sp³-hybridized carbons (Fsp3) is 0.692. The van der Waals surface area contributed by atoms with Gasteiger partial charge in [-0.2, -0.15) is 6.58 Å². The molecule has 0 N–H and O–H groups in total. The quantitative estimate of drug-likeness (QED) is 0.0593. The van der Waals surface area contributed by atoms with Crippen molar-refractivity contribution >= 4 is 80.7 Å². The summed E-state index contributed by atoms with van der Waals surface area (Å²) in [5.74, 6) is 0. The van der Waals surface area contributed by atoms with Crippen LogP contribution in [0.1, 0.15) is 60.8 Å². The Labute approximate surface area is 285 Å². The first-order chi connectivity index (χ1) is 18.2. The summed E-state index contributed by atoms with van der Waals surface area (Å²) in [6.07, 6.45) is 8.75. The summed E-state index contributed by atoms with van der Waals surface area (Å²) in [5, 5.41) is 0. The Morgan fingerprint density at radius 3 is 1.33 bits per heavy atom. The van der Waals surface area contributed by atoms with E-state index in [1.54, 1.807) is 6.08 Å². The van der Waals surface area contributed by atoms with Gasteiger partial charge in [0.05, 0.1) is 0 Å². The maximum atomic E-state index is 6.12. The molecular formula is C26H55BClIMgO6Si3. The Morgan fingerprint density at radius 1 is 0.846 bits per heavy atom. The zero-order valence-electron chi connectivity index (χ0n) is 26.7. The van der Waals surface area contributed by atoms with Crippen LogP contribution >= 0.6 is 22.6 Å². The third-order valence-corrected chi connectivity index (χ3v) is 11.3. The van der Waals surface area contributed by atoms with Gasteiger partial charge in [-0.1, -0.05) is 47.4 Å². The van der Waals surface area contributed by atoms with Gasteiger partial charge >= 0.3 is 40.7 Å². The molecule has 226 valence electrons. The molecule has 0 atom stereocenters. The summed E-state index contributed by atoms with van der Waals surface area (Å²) >= 11 is 2.37. The van der Waals surface area contributed by atoms with Crippen LogP contribution in [0.25, 0.3) is 0 Å². The number of rotatable bonds is 21. The Hall–Kier alpha value is 1.22. The van der Waals surface area contributed by atoms with Crippen molar-refractivity contribution in [3.05, 3.63) is 50.1 Å². The number of hydrogen-bond acceptors (Lipinski definition) is 6. The number of halogens is 2. The Balaban J connectivity index is -0.000000113. The number of hydrogen-bond donors (Lipinski definition) is 0. The molecule has 0 amide bonds. The molecule has 13 heteroatoms. The van der Waals surface area contributed by atoms with E-state index in [0.717, 1.165) is 41.4 Å². The maximum absolute atomic E-state index is 6.12. The first-order valence-corrected chi connectivity index (χ1v) is 19.2. The Kier molecular flexibility index (Phi) is 52.9. The largest absolute Gasteiger partial charge is 2.00 e. The van der Waals surface area contributed by atoms with Crippen LogP contribution in [0.3, 0.4) is 0 Å². The van der Waals surface area contributed by atoms with Crippen molar-refractivity contribution in [2.24, 2.45) is 0 Å². The third-order valence-electron chi connectivity index (χ3n) is 4.22. The Bertz CT molecular complexity index is 525. The normalized spacial score (nSPS) is 10.6. The van der Waals surface area contributed by atoms with E-state index in [1.165, 1.54) is 6.08 Å². The second-order valence-corrected chi connectivity index (χ2v) is 13.4. The van der Waals surface area contributed by atoms with Gasteiger partial charge < -0.3 is 39.0 Å². The second kappa shape index (κ2) is 41.4. The molecule has 0 heterocycles. The van der Waals surface area contributed by atoms with Crippen LogP contribution in [0.4, 0.5) is 0 Å². The van der Waals surface area contributed by atoms with E-state index in [-0.39, 0.29) is 35.5 Å². The Morgan fingerprint density at radius 2 is 1.13 bits per heavy atom. The van der Waals surface area contributed by atoms with Crippen LogP contribution < -0.4 is 12.4 Å². The van der Waals surface area contributed by atoms with Gasteiger partial charge in [0.1, 0.15) is 0 Å². The van der Waals surface area contributed by atoms with Crippen LogP contribution in [0.5, 0.6) is 0 Å². The molecule has 0 fully saturated rings. The average Bonchev–Trinajstić information content (AvgIpc) is 2.89. The van der Waals surface area contributed by atoms with Crippen LogP contribution in [-0.2, 0) is 26.6 Å². The summed E-state index contributed by atoms with van der Waals surface area (Å²) in [5.41, 5.74) is 1.05. The van der Waals surface area contributed by atoms with Crippen molar-refractivity contribution in [3.8, 4) is 0 Å². The number of allylic oxidation sites excluding steroid dienone is 4. The van der Waals surface area contributed by atoms with E-state index in [9.17, 15) is 0 Å². The molecule has 0 spiro atoms. The molecule has 2 radical (unpaired) electrons. The minimum absolute atomic E-state index is 0. The smallest absolute Gasteiger partial charge is 1.00 e. The van der Waals surface area contributed by atoms with Crippen molar-refractivity contribution in [2.45, 2.75) is 72.9 Å². The topological polar surface area (TPSA) is 55.4 Å². The molecule has 0 aliphatic heterocycles. The zero-order chi connectivity index (χ0) is 30.1. The molecule has 0 aliphatic rings. The van der Waals surface area contributed by atoms with E-state index < -0.39 is 27.7 Å². The minimum Gasteiger partial charge on any atom is -1.00 e. The summed E-state index contributed by atoms with van der Waals surface area (Å²) in [7, 11) is -0.952. The predicted molar refractivity (Wildman–Crippen MR) is 183 cm³/mol. The van der Waals surface area contributed by atoms with E-state index in [0.29, 0.717) is 39.6 Å². The van der Waals surface area contributed by atoms with Gasteiger partial charge in [0.2, 0.25) is 0 Å². The van der Waals surface area contributed by atoms with Crippen molar-refractivity contribution < 1.29 is 39.0 Å². The molecule has 0 aromatic rings. The van der Waals surface area contributed by atoms with E-state index >= 15 is 0 Å². The summed E-state index contributed by atoms with van der Waals surface area (Å²) in [6.45, 7) is 30.0. The molecule has 0 aromatic carbocycles. The van der Waals surface area contributed by atoms with Crippen molar-refractivity contribution in [2.75, 3.05) is 44.1 Å². The molecule has 39 heavy (non-hydrogen) atoms. The fourth-order valence-corrected chi connectivity index (χ4v) is 9.25. The molecule has 0 saturated heterocycles.